The summed E-state index contributed by atoms with van der Waals surface area (Å²) in [6.45, 7) is 0. The molecule has 2 aromatic carbocycles. The van der Waals surface area contributed by atoms with E-state index < -0.39 is 0 Å². The number of nitrogens with zero attached hydrogens (tertiary/aromatic N) is 1. The average Bonchev–Trinajstić information content (AvgIpc) is 2.51. The molecular formula is C17H14Cl2N2. The molecule has 4 heteroatoms. The molecule has 0 fully saturated rings. The van der Waals surface area contributed by atoms with Crippen LogP contribution in [0.4, 0.5) is 0 Å². The molecule has 0 aliphatic heterocycles. The maximum Gasteiger partial charge on any atom is 0.0706 e. The monoisotopic (exact) mass is 316 g/mol. The smallest absolute Gasteiger partial charge is 0.0706 e. The summed E-state index contributed by atoms with van der Waals surface area (Å²) >= 11 is 12.2. The Bertz CT molecular complexity index is 787. The molecule has 1 heterocycles. The number of aromatic nitrogens is 1. The van der Waals surface area contributed by atoms with Crippen molar-refractivity contribution in [2.45, 2.75) is 12.5 Å². The van der Waals surface area contributed by atoms with E-state index in [2.05, 4.69) is 4.98 Å². The van der Waals surface area contributed by atoms with Crippen LogP contribution in [0.1, 0.15) is 17.3 Å². The van der Waals surface area contributed by atoms with Gasteiger partial charge in [-0.1, -0.05) is 59.6 Å². The minimum atomic E-state index is -0.217. The highest BCUT2D eigenvalue weighted by Crippen LogP contribution is 2.28. The maximum atomic E-state index is 6.27. The topological polar surface area (TPSA) is 38.9 Å². The summed E-state index contributed by atoms with van der Waals surface area (Å²) in [5.41, 5.74) is 9.01. The van der Waals surface area contributed by atoms with Crippen molar-refractivity contribution in [3.05, 3.63) is 75.9 Å². The second-order valence-corrected chi connectivity index (χ2v) is 5.74. The molecular weight excluding hydrogens is 303 g/mol. The molecule has 3 rings (SSSR count). The van der Waals surface area contributed by atoms with Gasteiger partial charge in [0.25, 0.3) is 0 Å². The lowest BCUT2D eigenvalue weighted by molar-refractivity contribution is 0.700. The van der Waals surface area contributed by atoms with Crippen LogP contribution in [0.25, 0.3) is 10.9 Å². The summed E-state index contributed by atoms with van der Waals surface area (Å²) in [5, 5.41) is 2.22. The van der Waals surface area contributed by atoms with Crippen LogP contribution in [-0.2, 0) is 6.42 Å². The Morgan fingerprint density at radius 3 is 2.62 bits per heavy atom. The quantitative estimate of drug-likeness (QED) is 0.755. The molecule has 0 saturated carbocycles. The first kappa shape index (κ1) is 14.3. The summed E-state index contributed by atoms with van der Waals surface area (Å²) in [7, 11) is 0. The largest absolute Gasteiger partial charge is 0.322 e. The molecule has 0 saturated heterocycles. The highest BCUT2D eigenvalue weighted by molar-refractivity contribution is 6.42. The van der Waals surface area contributed by atoms with Gasteiger partial charge < -0.3 is 5.73 Å². The number of halogens is 2. The molecule has 3 aromatic rings. The minimum Gasteiger partial charge on any atom is -0.322 e. The summed E-state index contributed by atoms with van der Waals surface area (Å²) < 4.78 is 0. The Morgan fingerprint density at radius 2 is 1.76 bits per heavy atom. The number of benzene rings is 2. The number of nitrogens with two attached hydrogens (primary N) is 1. The van der Waals surface area contributed by atoms with Crippen molar-refractivity contribution in [2.75, 3.05) is 0 Å². The zero-order chi connectivity index (χ0) is 14.8. The third kappa shape index (κ3) is 3.03. The molecule has 1 atom stereocenters. The van der Waals surface area contributed by atoms with E-state index in [0.29, 0.717) is 16.5 Å². The van der Waals surface area contributed by atoms with Crippen LogP contribution in [0.2, 0.25) is 10.0 Å². The number of fused-ring (bicyclic) bond motifs is 1. The predicted octanol–water partition coefficient (Wildman–Crippen LogP) is 4.78. The van der Waals surface area contributed by atoms with Crippen LogP contribution in [0.5, 0.6) is 0 Å². The van der Waals surface area contributed by atoms with Crippen molar-refractivity contribution in [1.82, 2.24) is 4.98 Å². The first-order chi connectivity index (χ1) is 10.1. The van der Waals surface area contributed by atoms with Crippen molar-refractivity contribution in [3.8, 4) is 0 Å². The van der Waals surface area contributed by atoms with Crippen LogP contribution >= 0.6 is 23.2 Å². The first-order valence-electron chi connectivity index (χ1n) is 6.69. The molecule has 0 radical (unpaired) electrons. The number of hydrogen-bond acceptors (Lipinski definition) is 2. The van der Waals surface area contributed by atoms with E-state index in [-0.39, 0.29) is 6.04 Å². The van der Waals surface area contributed by atoms with Gasteiger partial charge in [0, 0.05) is 5.39 Å². The van der Waals surface area contributed by atoms with Crippen LogP contribution < -0.4 is 5.73 Å². The molecule has 21 heavy (non-hydrogen) atoms. The van der Waals surface area contributed by atoms with Crippen LogP contribution in [0.3, 0.4) is 0 Å². The zero-order valence-electron chi connectivity index (χ0n) is 11.3. The van der Waals surface area contributed by atoms with Gasteiger partial charge in [0.1, 0.15) is 0 Å². The Balaban J connectivity index is 1.89. The van der Waals surface area contributed by atoms with Crippen LogP contribution in [0, 0.1) is 0 Å². The summed E-state index contributed by atoms with van der Waals surface area (Å²) in [5.74, 6) is 0. The third-order valence-corrected chi connectivity index (χ3v) is 4.33. The normalized spacial score (nSPS) is 12.5. The van der Waals surface area contributed by atoms with E-state index in [1.807, 2.05) is 48.5 Å². The van der Waals surface area contributed by atoms with Gasteiger partial charge in [-0.15, -0.1) is 0 Å². The molecule has 0 aliphatic carbocycles. The minimum absolute atomic E-state index is 0.217. The number of pyridine rings is 1. The van der Waals surface area contributed by atoms with Crippen LogP contribution in [0.15, 0.2) is 54.6 Å². The van der Waals surface area contributed by atoms with Crippen molar-refractivity contribution >= 4 is 34.1 Å². The third-order valence-electron chi connectivity index (χ3n) is 3.47. The van der Waals surface area contributed by atoms with Gasteiger partial charge in [0.15, 0.2) is 0 Å². The Morgan fingerprint density at radius 1 is 0.952 bits per heavy atom. The number of para-hydroxylation sites is 1. The average molecular weight is 317 g/mol. The second kappa shape index (κ2) is 6.02. The fourth-order valence-electron chi connectivity index (χ4n) is 2.34. The van der Waals surface area contributed by atoms with Gasteiger partial charge in [-0.3, -0.25) is 4.98 Å². The van der Waals surface area contributed by atoms with E-state index in [0.717, 1.165) is 22.2 Å². The fraction of sp³-hybridized carbons (Fsp3) is 0.118. The molecule has 1 aromatic heterocycles. The number of hydrogen-bond donors (Lipinski definition) is 1. The van der Waals surface area contributed by atoms with E-state index in [9.17, 15) is 0 Å². The summed E-state index contributed by atoms with van der Waals surface area (Å²) in [6, 6.07) is 17.4. The molecule has 106 valence electrons. The molecule has 0 spiro atoms. The Hall–Kier alpha value is -1.61. The molecule has 2 N–H and O–H groups in total. The molecule has 0 aliphatic rings. The van der Waals surface area contributed by atoms with Crippen molar-refractivity contribution in [1.29, 1.82) is 0 Å². The second-order valence-electron chi connectivity index (χ2n) is 4.95. The maximum absolute atomic E-state index is 6.27. The van der Waals surface area contributed by atoms with Crippen LogP contribution in [-0.4, -0.2) is 4.98 Å². The fourth-order valence-corrected chi connectivity index (χ4v) is 2.73. The molecule has 0 bridgehead atoms. The standard InChI is InChI=1S/C17H14Cl2N2/c18-13-6-3-5-12(17(13)19)10-14(20)16-9-8-11-4-1-2-7-15(11)21-16/h1-9,14H,10,20H2. The van der Waals surface area contributed by atoms with Gasteiger partial charge in [0.05, 0.1) is 27.3 Å². The molecule has 0 amide bonds. The summed E-state index contributed by atoms with van der Waals surface area (Å²) in [4.78, 5) is 4.62. The van der Waals surface area contributed by atoms with Crippen molar-refractivity contribution < 1.29 is 0 Å². The van der Waals surface area contributed by atoms with E-state index in [4.69, 9.17) is 28.9 Å². The van der Waals surface area contributed by atoms with E-state index in [1.165, 1.54) is 0 Å². The predicted molar refractivity (Wildman–Crippen MR) is 88.8 cm³/mol. The lowest BCUT2D eigenvalue weighted by Gasteiger charge is -2.13. The van der Waals surface area contributed by atoms with E-state index in [1.54, 1.807) is 6.07 Å². The van der Waals surface area contributed by atoms with Crippen molar-refractivity contribution in [3.63, 3.8) is 0 Å². The van der Waals surface area contributed by atoms with Gasteiger partial charge in [-0.25, -0.2) is 0 Å². The SMILES string of the molecule is NC(Cc1cccc(Cl)c1Cl)c1ccc2ccccc2n1. The lowest BCUT2D eigenvalue weighted by Crippen LogP contribution is -2.15. The molecule has 2 nitrogen and oxygen atoms in total. The highest BCUT2D eigenvalue weighted by Gasteiger charge is 2.12. The lowest BCUT2D eigenvalue weighted by atomic mass is 10.0. The van der Waals surface area contributed by atoms with Gasteiger partial charge >= 0.3 is 0 Å². The zero-order valence-corrected chi connectivity index (χ0v) is 12.8. The molecule has 1 unspecified atom stereocenters. The van der Waals surface area contributed by atoms with Gasteiger partial charge in [-0.05, 0) is 30.2 Å². The Labute approximate surface area is 133 Å². The van der Waals surface area contributed by atoms with Crippen molar-refractivity contribution in [2.24, 2.45) is 5.73 Å². The van der Waals surface area contributed by atoms with Gasteiger partial charge in [-0.2, -0.15) is 0 Å². The summed E-state index contributed by atoms with van der Waals surface area (Å²) in [6.07, 6.45) is 0.602. The van der Waals surface area contributed by atoms with Gasteiger partial charge in [0.2, 0.25) is 0 Å². The van der Waals surface area contributed by atoms with E-state index >= 15 is 0 Å². The Kier molecular flexibility index (Phi) is 4.11. The highest BCUT2D eigenvalue weighted by atomic mass is 35.5. The number of rotatable bonds is 3. The first-order valence-corrected chi connectivity index (χ1v) is 7.45.